The highest BCUT2D eigenvalue weighted by atomic mass is 35.5. The molecule has 1 unspecified atom stereocenters. The Labute approximate surface area is 48.1 Å². The van der Waals surface area contributed by atoms with Crippen molar-refractivity contribution in [1.29, 1.82) is 0 Å². The second-order valence-electron chi connectivity index (χ2n) is 1.05. The van der Waals surface area contributed by atoms with Crippen LogP contribution < -0.4 is 5.48 Å². The van der Waals surface area contributed by atoms with Gasteiger partial charge >= 0.3 is 0 Å². The highest BCUT2D eigenvalue weighted by Gasteiger charge is 1.88. The van der Waals surface area contributed by atoms with Crippen LogP contribution in [0.15, 0.2) is 0 Å². The number of rotatable bonds is 2. The van der Waals surface area contributed by atoms with Gasteiger partial charge in [-0.05, 0) is 6.92 Å². The Morgan fingerprint density at radius 3 is 2.29 bits per heavy atom. The topological polar surface area (TPSA) is 49.3 Å². The monoisotopic (exact) mass is 125 g/mol. The molecule has 1 atom stereocenters. The van der Waals surface area contributed by atoms with E-state index in [0.29, 0.717) is 6.29 Å². The lowest BCUT2D eigenvalue weighted by Gasteiger charge is -1.92. The third-order valence-electron chi connectivity index (χ3n) is 0.408. The summed E-state index contributed by atoms with van der Waals surface area (Å²) in [5.41, 5.74) is 1.75. The van der Waals surface area contributed by atoms with E-state index in [9.17, 15) is 4.79 Å². The summed E-state index contributed by atoms with van der Waals surface area (Å²) in [7, 11) is 0. The number of halogens is 1. The zero-order chi connectivity index (χ0) is 4.99. The van der Waals surface area contributed by atoms with E-state index in [1.807, 2.05) is 0 Å². The molecule has 0 aliphatic rings. The SMILES string of the molecule is CC(C=O)NO.Cl. The van der Waals surface area contributed by atoms with Gasteiger partial charge in [-0.25, -0.2) is 0 Å². The molecule has 0 spiro atoms. The van der Waals surface area contributed by atoms with Crippen LogP contribution in [0.3, 0.4) is 0 Å². The van der Waals surface area contributed by atoms with E-state index in [2.05, 4.69) is 0 Å². The van der Waals surface area contributed by atoms with Crippen LogP contribution in [0.5, 0.6) is 0 Å². The van der Waals surface area contributed by atoms with Crippen molar-refractivity contribution < 1.29 is 10.0 Å². The molecule has 0 fully saturated rings. The van der Waals surface area contributed by atoms with Crippen LogP contribution in [0.25, 0.3) is 0 Å². The van der Waals surface area contributed by atoms with Gasteiger partial charge in [0.1, 0.15) is 6.29 Å². The summed E-state index contributed by atoms with van der Waals surface area (Å²) in [6.07, 6.45) is 0.611. The van der Waals surface area contributed by atoms with Crippen LogP contribution in [0.1, 0.15) is 6.92 Å². The predicted octanol–water partition coefficient (Wildman–Crippen LogP) is -0.0256. The molecule has 0 aliphatic carbocycles. The number of hydroxylamine groups is 1. The normalized spacial score (nSPS) is 11.7. The highest BCUT2D eigenvalue weighted by Crippen LogP contribution is 1.63. The van der Waals surface area contributed by atoms with Gasteiger partial charge in [0, 0.05) is 0 Å². The zero-order valence-electron chi connectivity index (χ0n) is 3.92. The van der Waals surface area contributed by atoms with E-state index in [-0.39, 0.29) is 12.4 Å². The summed E-state index contributed by atoms with van der Waals surface area (Å²) in [5, 5.41) is 7.85. The average Bonchev–Trinajstić information content (AvgIpc) is 1.65. The molecule has 0 aromatic heterocycles. The standard InChI is InChI=1S/C3H7NO2.ClH/c1-3(2-5)4-6;/h2-4,6H,1H3;1H. The van der Waals surface area contributed by atoms with Crippen molar-refractivity contribution in [1.82, 2.24) is 5.48 Å². The van der Waals surface area contributed by atoms with Gasteiger partial charge in [0.25, 0.3) is 0 Å². The molecule has 0 aliphatic heterocycles. The molecular formula is C3H8ClNO2. The van der Waals surface area contributed by atoms with Crippen LogP contribution in [-0.4, -0.2) is 17.5 Å². The van der Waals surface area contributed by atoms with Gasteiger partial charge in [0.2, 0.25) is 0 Å². The molecule has 0 aromatic carbocycles. The minimum Gasteiger partial charge on any atom is -0.316 e. The van der Waals surface area contributed by atoms with Crippen molar-refractivity contribution >= 4 is 18.7 Å². The molecule has 0 amide bonds. The molecule has 0 radical (unpaired) electrons. The molecule has 7 heavy (non-hydrogen) atoms. The lowest BCUT2D eigenvalue weighted by molar-refractivity contribution is -0.111. The van der Waals surface area contributed by atoms with E-state index in [4.69, 9.17) is 5.21 Å². The first-order valence-corrected chi connectivity index (χ1v) is 1.66. The molecule has 0 heterocycles. The van der Waals surface area contributed by atoms with Crippen molar-refractivity contribution in [2.45, 2.75) is 13.0 Å². The number of hydrogen-bond acceptors (Lipinski definition) is 3. The van der Waals surface area contributed by atoms with Gasteiger partial charge in [0.15, 0.2) is 0 Å². The number of nitrogens with one attached hydrogen (secondary N) is 1. The molecular weight excluding hydrogens is 117 g/mol. The largest absolute Gasteiger partial charge is 0.316 e. The van der Waals surface area contributed by atoms with Crippen LogP contribution in [0.4, 0.5) is 0 Å². The van der Waals surface area contributed by atoms with E-state index < -0.39 is 6.04 Å². The van der Waals surface area contributed by atoms with E-state index in [0.717, 1.165) is 0 Å². The second kappa shape index (κ2) is 5.88. The minimum absolute atomic E-state index is 0. The number of carbonyl (C=O) groups is 1. The number of aldehydes is 1. The fraction of sp³-hybridized carbons (Fsp3) is 0.667. The Kier molecular flexibility index (Phi) is 8.39. The van der Waals surface area contributed by atoms with Crippen molar-refractivity contribution in [2.75, 3.05) is 0 Å². The summed E-state index contributed by atoms with van der Waals surface area (Å²) in [4.78, 5) is 9.51. The predicted molar refractivity (Wildman–Crippen MR) is 27.7 cm³/mol. The van der Waals surface area contributed by atoms with Crippen molar-refractivity contribution in [3.8, 4) is 0 Å². The van der Waals surface area contributed by atoms with E-state index >= 15 is 0 Å². The zero-order valence-corrected chi connectivity index (χ0v) is 4.73. The van der Waals surface area contributed by atoms with Gasteiger partial charge < -0.3 is 10.0 Å². The fourth-order valence-electron chi connectivity index (χ4n) is 0.0304. The van der Waals surface area contributed by atoms with Crippen LogP contribution in [0.2, 0.25) is 0 Å². The van der Waals surface area contributed by atoms with Gasteiger partial charge in [-0.2, -0.15) is 5.48 Å². The van der Waals surface area contributed by atoms with Gasteiger partial charge in [-0.15, -0.1) is 12.4 Å². The van der Waals surface area contributed by atoms with Crippen LogP contribution in [0, 0.1) is 0 Å². The highest BCUT2D eigenvalue weighted by molar-refractivity contribution is 5.85. The molecule has 2 N–H and O–H groups in total. The van der Waals surface area contributed by atoms with Crippen LogP contribution >= 0.6 is 12.4 Å². The van der Waals surface area contributed by atoms with Crippen molar-refractivity contribution in [3.63, 3.8) is 0 Å². The maximum atomic E-state index is 9.51. The Morgan fingerprint density at radius 1 is 1.86 bits per heavy atom. The van der Waals surface area contributed by atoms with Gasteiger partial charge in [-0.1, -0.05) is 0 Å². The maximum Gasteiger partial charge on any atom is 0.138 e. The maximum absolute atomic E-state index is 9.51. The molecule has 0 rings (SSSR count). The Balaban J connectivity index is 0. The summed E-state index contributed by atoms with van der Waals surface area (Å²) < 4.78 is 0. The van der Waals surface area contributed by atoms with Crippen LogP contribution in [-0.2, 0) is 4.79 Å². The quantitative estimate of drug-likeness (QED) is 0.403. The first kappa shape index (κ1) is 9.99. The molecule has 0 bridgehead atoms. The van der Waals surface area contributed by atoms with E-state index in [1.54, 1.807) is 12.4 Å². The Bertz CT molecular complexity index is 50.2. The average molecular weight is 126 g/mol. The van der Waals surface area contributed by atoms with E-state index in [1.165, 1.54) is 0 Å². The smallest absolute Gasteiger partial charge is 0.138 e. The Hall–Kier alpha value is -0.120. The number of carbonyl (C=O) groups excluding carboxylic acids is 1. The minimum atomic E-state index is -0.440. The van der Waals surface area contributed by atoms with Gasteiger partial charge in [0.05, 0.1) is 6.04 Å². The molecule has 0 aromatic rings. The first-order chi connectivity index (χ1) is 2.81. The molecule has 4 heteroatoms. The summed E-state index contributed by atoms with van der Waals surface area (Å²) in [6.45, 7) is 1.55. The summed E-state index contributed by atoms with van der Waals surface area (Å²) >= 11 is 0. The lowest BCUT2D eigenvalue weighted by atomic mass is 10.4. The molecule has 3 nitrogen and oxygen atoms in total. The lowest BCUT2D eigenvalue weighted by Crippen LogP contribution is -2.22. The third-order valence-corrected chi connectivity index (χ3v) is 0.408. The molecule has 44 valence electrons. The third kappa shape index (κ3) is 5.88. The van der Waals surface area contributed by atoms with Crippen molar-refractivity contribution in [3.05, 3.63) is 0 Å². The fourth-order valence-corrected chi connectivity index (χ4v) is 0.0304. The number of hydrogen-bond donors (Lipinski definition) is 2. The first-order valence-electron chi connectivity index (χ1n) is 1.66. The van der Waals surface area contributed by atoms with Gasteiger partial charge in [-0.3, -0.25) is 0 Å². The Morgan fingerprint density at radius 2 is 2.29 bits per heavy atom. The summed E-state index contributed by atoms with van der Waals surface area (Å²) in [5.74, 6) is 0. The second-order valence-corrected chi connectivity index (χ2v) is 1.05. The van der Waals surface area contributed by atoms with Crippen molar-refractivity contribution in [2.24, 2.45) is 0 Å². The molecule has 0 saturated carbocycles. The summed E-state index contributed by atoms with van der Waals surface area (Å²) in [6, 6.07) is -0.440. The molecule has 0 saturated heterocycles.